The van der Waals surface area contributed by atoms with E-state index in [0.29, 0.717) is 29.7 Å². The van der Waals surface area contributed by atoms with Gasteiger partial charge in [0.1, 0.15) is 0 Å². The van der Waals surface area contributed by atoms with Crippen molar-refractivity contribution >= 4 is 16.9 Å². The average molecular weight is 409 g/mol. The van der Waals surface area contributed by atoms with E-state index in [0.717, 1.165) is 12.0 Å². The van der Waals surface area contributed by atoms with Crippen molar-refractivity contribution in [3.8, 4) is 0 Å². The summed E-state index contributed by atoms with van der Waals surface area (Å²) in [7, 11) is 1.60. The predicted molar refractivity (Wildman–Crippen MR) is 117 cm³/mol. The molecule has 3 rings (SSSR count). The number of carbonyl (C=O) groups excluding carboxylic acids is 1. The molecule has 0 bridgehead atoms. The first kappa shape index (κ1) is 21.5. The van der Waals surface area contributed by atoms with E-state index in [-0.39, 0.29) is 18.6 Å². The standard InChI is InChI=1S/C23H27N3O4/c1-16(2)30-14-6-13-24-21(27)18-11-9-17(10-12-18)15-26-20-8-5-4-7-19(20)25(3)22(28)23(26)29/h4-5,7-12,16H,6,13-15H2,1-3H3,(H,24,27). The maximum Gasteiger partial charge on any atom is 0.317 e. The summed E-state index contributed by atoms with van der Waals surface area (Å²) in [5.74, 6) is -0.151. The zero-order valence-corrected chi connectivity index (χ0v) is 17.6. The number of para-hydroxylation sites is 2. The van der Waals surface area contributed by atoms with Gasteiger partial charge in [0.25, 0.3) is 5.91 Å². The molecule has 2 aromatic carbocycles. The topological polar surface area (TPSA) is 82.3 Å². The quantitative estimate of drug-likeness (QED) is 0.457. The fourth-order valence-corrected chi connectivity index (χ4v) is 3.25. The van der Waals surface area contributed by atoms with Crippen LogP contribution in [-0.4, -0.2) is 34.3 Å². The third-order valence-electron chi connectivity index (χ3n) is 4.88. The van der Waals surface area contributed by atoms with Crippen LogP contribution in [0.2, 0.25) is 0 Å². The first-order valence-corrected chi connectivity index (χ1v) is 10.1. The lowest BCUT2D eigenvalue weighted by atomic mass is 10.1. The van der Waals surface area contributed by atoms with E-state index in [1.54, 1.807) is 31.3 Å². The van der Waals surface area contributed by atoms with E-state index in [1.807, 2.05) is 38.1 Å². The summed E-state index contributed by atoms with van der Waals surface area (Å²) in [5, 5.41) is 2.87. The predicted octanol–water partition coefficient (Wildman–Crippen LogP) is 2.29. The van der Waals surface area contributed by atoms with E-state index in [2.05, 4.69) is 5.32 Å². The number of fused-ring (bicyclic) bond motifs is 1. The van der Waals surface area contributed by atoms with Crippen LogP contribution < -0.4 is 16.4 Å². The summed E-state index contributed by atoms with van der Waals surface area (Å²) < 4.78 is 8.30. The molecule has 0 atom stereocenters. The summed E-state index contributed by atoms with van der Waals surface area (Å²) in [6.07, 6.45) is 0.934. The number of amides is 1. The summed E-state index contributed by atoms with van der Waals surface area (Å²) in [6.45, 7) is 5.36. The van der Waals surface area contributed by atoms with Crippen LogP contribution in [0.25, 0.3) is 11.0 Å². The summed E-state index contributed by atoms with van der Waals surface area (Å²) >= 11 is 0. The van der Waals surface area contributed by atoms with Crippen LogP contribution in [0.1, 0.15) is 36.2 Å². The van der Waals surface area contributed by atoms with Gasteiger partial charge in [-0.3, -0.25) is 19.0 Å². The van der Waals surface area contributed by atoms with Gasteiger partial charge in [-0.15, -0.1) is 0 Å². The smallest absolute Gasteiger partial charge is 0.317 e. The Balaban J connectivity index is 1.72. The molecule has 1 aromatic heterocycles. The molecule has 0 unspecified atom stereocenters. The monoisotopic (exact) mass is 409 g/mol. The molecule has 1 amide bonds. The second-order valence-electron chi connectivity index (χ2n) is 7.47. The van der Waals surface area contributed by atoms with Crippen LogP contribution in [0.3, 0.4) is 0 Å². The van der Waals surface area contributed by atoms with Gasteiger partial charge in [0.05, 0.1) is 23.7 Å². The minimum absolute atomic E-state index is 0.151. The highest BCUT2D eigenvalue weighted by Crippen LogP contribution is 2.12. The van der Waals surface area contributed by atoms with E-state index in [9.17, 15) is 14.4 Å². The van der Waals surface area contributed by atoms with Crippen LogP contribution in [-0.2, 0) is 18.3 Å². The van der Waals surface area contributed by atoms with Crippen LogP contribution in [0.5, 0.6) is 0 Å². The number of benzene rings is 2. The van der Waals surface area contributed by atoms with Crippen molar-refractivity contribution in [2.24, 2.45) is 7.05 Å². The lowest BCUT2D eigenvalue weighted by molar-refractivity contribution is 0.0757. The summed E-state index contributed by atoms with van der Waals surface area (Å²) in [5.41, 5.74) is 1.63. The van der Waals surface area contributed by atoms with Crippen molar-refractivity contribution < 1.29 is 9.53 Å². The van der Waals surface area contributed by atoms with E-state index >= 15 is 0 Å². The Morgan fingerprint density at radius 2 is 1.67 bits per heavy atom. The van der Waals surface area contributed by atoms with Crippen molar-refractivity contribution in [3.05, 3.63) is 80.4 Å². The van der Waals surface area contributed by atoms with Crippen LogP contribution in [0.15, 0.2) is 58.1 Å². The highest BCUT2D eigenvalue weighted by molar-refractivity contribution is 5.94. The van der Waals surface area contributed by atoms with Gasteiger partial charge in [0.15, 0.2) is 0 Å². The number of ether oxygens (including phenoxy) is 1. The van der Waals surface area contributed by atoms with Crippen molar-refractivity contribution in [3.63, 3.8) is 0 Å². The van der Waals surface area contributed by atoms with E-state index < -0.39 is 11.1 Å². The third kappa shape index (κ3) is 4.86. The fraction of sp³-hybridized carbons (Fsp3) is 0.348. The lowest BCUT2D eigenvalue weighted by Crippen LogP contribution is -2.40. The average Bonchev–Trinajstić information content (AvgIpc) is 2.75. The Kier molecular flexibility index (Phi) is 6.84. The third-order valence-corrected chi connectivity index (χ3v) is 4.88. The molecule has 0 aliphatic rings. The Morgan fingerprint density at radius 1 is 1.00 bits per heavy atom. The van der Waals surface area contributed by atoms with Gasteiger partial charge in [0.2, 0.25) is 0 Å². The summed E-state index contributed by atoms with van der Waals surface area (Å²) in [6, 6.07) is 14.4. The number of nitrogens with zero attached hydrogens (tertiary/aromatic N) is 2. The highest BCUT2D eigenvalue weighted by atomic mass is 16.5. The molecule has 1 N–H and O–H groups in total. The SMILES string of the molecule is CC(C)OCCCNC(=O)c1ccc(Cn2c(=O)c(=O)n(C)c3ccccc32)cc1. The van der Waals surface area contributed by atoms with Gasteiger partial charge in [-0.25, -0.2) is 0 Å². The number of hydrogen-bond acceptors (Lipinski definition) is 4. The van der Waals surface area contributed by atoms with Gasteiger partial charge in [0, 0.05) is 25.8 Å². The van der Waals surface area contributed by atoms with Crippen molar-refractivity contribution in [2.45, 2.75) is 32.9 Å². The van der Waals surface area contributed by atoms with Gasteiger partial charge in [-0.1, -0.05) is 24.3 Å². The highest BCUT2D eigenvalue weighted by Gasteiger charge is 2.11. The molecule has 0 spiro atoms. The van der Waals surface area contributed by atoms with Gasteiger partial charge in [-0.05, 0) is 50.1 Å². The molecule has 7 heteroatoms. The molecule has 0 aliphatic heterocycles. The molecule has 7 nitrogen and oxygen atoms in total. The molecule has 0 fully saturated rings. The lowest BCUT2D eigenvalue weighted by Gasteiger charge is -2.13. The molecule has 158 valence electrons. The second-order valence-corrected chi connectivity index (χ2v) is 7.47. The molecule has 0 saturated carbocycles. The number of aryl methyl sites for hydroxylation is 1. The fourth-order valence-electron chi connectivity index (χ4n) is 3.25. The second kappa shape index (κ2) is 9.54. The van der Waals surface area contributed by atoms with E-state index in [4.69, 9.17) is 4.74 Å². The van der Waals surface area contributed by atoms with Crippen molar-refractivity contribution in [1.29, 1.82) is 0 Å². The van der Waals surface area contributed by atoms with Gasteiger partial charge >= 0.3 is 11.1 Å². The number of nitrogens with one attached hydrogen (secondary N) is 1. The van der Waals surface area contributed by atoms with Gasteiger partial charge in [-0.2, -0.15) is 0 Å². The Labute approximate surface area is 174 Å². The van der Waals surface area contributed by atoms with Crippen molar-refractivity contribution in [1.82, 2.24) is 14.5 Å². The minimum Gasteiger partial charge on any atom is -0.379 e. The van der Waals surface area contributed by atoms with Crippen LogP contribution in [0.4, 0.5) is 0 Å². The number of rotatable bonds is 8. The van der Waals surface area contributed by atoms with Gasteiger partial charge < -0.3 is 14.6 Å². The molecule has 30 heavy (non-hydrogen) atoms. The number of hydrogen-bond donors (Lipinski definition) is 1. The Hall–Kier alpha value is -3.19. The van der Waals surface area contributed by atoms with Crippen molar-refractivity contribution in [2.75, 3.05) is 13.2 Å². The normalized spacial score (nSPS) is 11.2. The number of carbonyl (C=O) groups is 1. The Morgan fingerprint density at radius 3 is 2.33 bits per heavy atom. The number of aromatic nitrogens is 2. The first-order chi connectivity index (χ1) is 14.4. The largest absolute Gasteiger partial charge is 0.379 e. The van der Waals surface area contributed by atoms with E-state index in [1.165, 1.54) is 9.13 Å². The maximum atomic E-state index is 12.6. The Bertz CT molecular complexity index is 1140. The maximum absolute atomic E-state index is 12.6. The summed E-state index contributed by atoms with van der Waals surface area (Å²) in [4.78, 5) is 37.1. The molecule has 0 radical (unpaired) electrons. The zero-order valence-electron chi connectivity index (χ0n) is 17.6. The molecule has 1 heterocycles. The molecular weight excluding hydrogens is 382 g/mol. The zero-order chi connectivity index (χ0) is 21.7. The van der Waals surface area contributed by atoms with Crippen LogP contribution in [0, 0.1) is 0 Å². The minimum atomic E-state index is -0.568. The molecular formula is C23H27N3O4. The first-order valence-electron chi connectivity index (χ1n) is 10.1. The van der Waals surface area contributed by atoms with Crippen LogP contribution >= 0.6 is 0 Å². The molecule has 0 aliphatic carbocycles. The molecule has 0 saturated heterocycles. The molecule has 3 aromatic rings.